The summed E-state index contributed by atoms with van der Waals surface area (Å²) in [5.41, 5.74) is 2.11. The Balaban J connectivity index is 1.73. The summed E-state index contributed by atoms with van der Waals surface area (Å²) < 4.78 is 48.6. The van der Waals surface area contributed by atoms with Crippen LogP contribution in [0.1, 0.15) is 32.0 Å². The maximum Gasteiger partial charge on any atom is 0.417 e. The first-order valence-electron chi connectivity index (χ1n) is 11.6. The number of imidazole rings is 1. The summed E-state index contributed by atoms with van der Waals surface area (Å²) >= 11 is 6.75. The van der Waals surface area contributed by atoms with Crippen LogP contribution in [0.5, 0.6) is 0 Å². The van der Waals surface area contributed by atoms with E-state index in [4.69, 9.17) is 16.3 Å². The van der Waals surface area contributed by atoms with E-state index in [9.17, 15) is 13.2 Å². The molecular weight excluding hydrogens is 493 g/mol. The molecule has 0 atom stereocenters. The van der Waals surface area contributed by atoms with Crippen molar-refractivity contribution in [3.05, 3.63) is 46.6 Å². The molecule has 36 heavy (non-hydrogen) atoms. The monoisotopic (exact) mass is 518 g/mol. The molecule has 190 valence electrons. The smallest absolute Gasteiger partial charge is 0.378 e. The molecule has 0 spiro atoms. The molecule has 0 saturated carbocycles. The number of aryl methyl sites for hydroxylation is 1. The molecule has 0 aliphatic carbocycles. The predicted octanol–water partition coefficient (Wildman–Crippen LogP) is 5.83. The number of anilines is 1. The molecule has 1 saturated heterocycles. The van der Waals surface area contributed by atoms with Crippen LogP contribution in [0.25, 0.3) is 33.9 Å². The minimum absolute atomic E-state index is 0.000422. The van der Waals surface area contributed by atoms with Gasteiger partial charge in [-0.2, -0.15) is 18.3 Å². The van der Waals surface area contributed by atoms with Crippen molar-refractivity contribution >= 4 is 28.5 Å². The number of hydrogen-bond acceptors (Lipinski definition) is 5. The summed E-state index contributed by atoms with van der Waals surface area (Å²) in [6, 6.07) is 7.13. The Bertz CT molecular complexity index is 1430. The van der Waals surface area contributed by atoms with E-state index in [1.54, 1.807) is 23.9 Å². The maximum atomic E-state index is 13.8. The van der Waals surface area contributed by atoms with Gasteiger partial charge in [0.2, 0.25) is 0 Å². The van der Waals surface area contributed by atoms with Crippen LogP contribution in [0.2, 0.25) is 5.02 Å². The molecule has 11 heteroatoms. The molecule has 0 unspecified atom stereocenters. The van der Waals surface area contributed by atoms with Gasteiger partial charge < -0.3 is 14.6 Å². The summed E-state index contributed by atoms with van der Waals surface area (Å²) in [6.07, 6.45) is -4.52. The number of hydrogen-bond donors (Lipinski definition) is 1. The molecule has 0 amide bonds. The lowest BCUT2D eigenvalue weighted by Crippen LogP contribution is -2.36. The van der Waals surface area contributed by atoms with Crippen LogP contribution in [0.4, 0.5) is 18.9 Å². The fourth-order valence-electron chi connectivity index (χ4n) is 4.46. The number of rotatable bonds is 3. The van der Waals surface area contributed by atoms with Crippen molar-refractivity contribution < 1.29 is 17.9 Å². The highest BCUT2D eigenvalue weighted by molar-refractivity contribution is 6.33. The predicted molar refractivity (Wildman–Crippen MR) is 133 cm³/mol. The van der Waals surface area contributed by atoms with Crippen molar-refractivity contribution in [2.45, 2.75) is 32.4 Å². The van der Waals surface area contributed by atoms with Crippen molar-refractivity contribution in [1.82, 2.24) is 24.7 Å². The van der Waals surface area contributed by atoms with E-state index in [-0.39, 0.29) is 16.7 Å². The van der Waals surface area contributed by atoms with Crippen molar-refractivity contribution in [2.24, 2.45) is 7.05 Å². The number of pyridine rings is 1. The summed E-state index contributed by atoms with van der Waals surface area (Å²) in [4.78, 5) is 14.6. The number of fused-ring (bicyclic) bond motifs is 1. The summed E-state index contributed by atoms with van der Waals surface area (Å²) in [7, 11) is 1.78. The zero-order valence-electron chi connectivity index (χ0n) is 20.4. The molecule has 4 aromatic rings. The SMILES string of the molecule is Cn1nc(C(C)(C)C)c(Cl)c1-c1nc2nc(-c3ccccc3C(F)(F)F)cc(N3CCOCC3)c2[nH]1. The number of nitrogens with one attached hydrogen (secondary N) is 1. The number of benzene rings is 1. The van der Waals surface area contributed by atoms with Crippen molar-refractivity contribution in [2.75, 3.05) is 31.2 Å². The highest BCUT2D eigenvalue weighted by atomic mass is 35.5. The van der Waals surface area contributed by atoms with E-state index in [0.717, 1.165) is 11.8 Å². The number of nitrogens with zero attached hydrogens (tertiary/aromatic N) is 5. The van der Waals surface area contributed by atoms with Gasteiger partial charge in [-0.05, 0) is 12.1 Å². The molecule has 1 N–H and O–H groups in total. The van der Waals surface area contributed by atoms with Gasteiger partial charge in [-0.15, -0.1) is 0 Å². The number of ether oxygens (including phenoxy) is 1. The van der Waals surface area contributed by atoms with Crippen molar-refractivity contribution in [1.29, 1.82) is 0 Å². The summed E-state index contributed by atoms with van der Waals surface area (Å²) in [5, 5.41) is 5.07. The Kier molecular flexibility index (Phi) is 5.99. The van der Waals surface area contributed by atoms with Gasteiger partial charge in [0, 0.05) is 31.1 Å². The van der Waals surface area contributed by atoms with Crippen LogP contribution < -0.4 is 4.90 Å². The third-order valence-electron chi connectivity index (χ3n) is 6.22. The molecule has 0 bridgehead atoms. The Morgan fingerprint density at radius 3 is 2.39 bits per heavy atom. The molecule has 3 aromatic heterocycles. The van der Waals surface area contributed by atoms with Crippen LogP contribution in [-0.2, 0) is 23.4 Å². The number of alkyl halides is 3. The van der Waals surface area contributed by atoms with Gasteiger partial charge in [-0.3, -0.25) is 4.68 Å². The van der Waals surface area contributed by atoms with Crippen LogP contribution >= 0.6 is 11.6 Å². The van der Waals surface area contributed by atoms with E-state index >= 15 is 0 Å². The third kappa shape index (κ3) is 4.32. The van der Waals surface area contributed by atoms with Gasteiger partial charge in [0.25, 0.3) is 0 Å². The van der Waals surface area contributed by atoms with Crippen LogP contribution in [0.3, 0.4) is 0 Å². The minimum Gasteiger partial charge on any atom is -0.378 e. The minimum atomic E-state index is -4.52. The number of morpholine rings is 1. The lowest BCUT2D eigenvalue weighted by atomic mass is 9.92. The lowest BCUT2D eigenvalue weighted by Gasteiger charge is -2.29. The van der Waals surface area contributed by atoms with E-state index in [0.29, 0.717) is 59.7 Å². The fraction of sp³-hybridized carbons (Fsp3) is 0.400. The molecular formula is C25H26ClF3N6O. The van der Waals surface area contributed by atoms with Crippen molar-refractivity contribution in [3.63, 3.8) is 0 Å². The third-order valence-corrected chi connectivity index (χ3v) is 6.58. The molecule has 1 aliphatic heterocycles. The first-order chi connectivity index (χ1) is 16.9. The second-order valence-corrected chi connectivity index (χ2v) is 10.2. The standard InChI is InChI=1S/C25H26ClF3N6O/c1-24(2,3)21-18(26)20(34(4)33-21)23-31-19-17(35-9-11-36-12-10-35)13-16(30-22(19)32-23)14-7-5-6-8-15(14)25(27,28)29/h5-8,13H,9-12H2,1-4H3,(H,30,31,32). The molecule has 7 nitrogen and oxygen atoms in total. The Labute approximate surface area is 211 Å². The molecule has 0 radical (unpaired) electrons. The van der Waals surface area contributed by atoms with Crippen LogP contribution in [-0.4, -0.2) is 51.0 Å². The molecule has 5 rings (SSSR count). The highest BCUT2D eigenvalue weighted by Gasteiger charge is 2.34. The van der Waals surface area contributed by atoms with E-state index in [2.05, 4.69) is 25.0 Å². The van der Waals surface area contributed by atoms with Crippen LogP contribution in [0.15, 0.2) is 30.3 Å². The Morgan fingerprint density at radius 1 is 1.06 bits per heavy atom. The molecule has 1 fully saturated rings. The molecule has 1 aromatic carbocycles. The van der Waals surface area contributed by atoms with E-state index in [1.165, 1.54) is 12.1 Å². The number of aromatic amines is 1. The molecule has 1 aliphatic rings. The number of halogens is 4. The van der Waals surface area contributed by atoms with Gasteiger partial charge in [-0.1, -0.05) is 50.6 Å². The van der Waals surface area contributed by atoms with E-state index < -0.39 is 11.7 Å². The zero-order valence-corrected chi connectivity index (χ0v) is 21.1. The summed E-state index contributed by atoms with van der Waals surface area (Å²) in [6.45, 7) is 8.27. The first kappa shape index (κ1) is 24.6. The van der Waals surface area contributed by atoms with Gasteiger partial charge in [0.05, 0.1) is 40.9 Å². The Morgan fingerprint density at radius 2 is 1.75 bits per heavy atom. The number of H-pyrrole nitrogens is 1. The maximum absolute atomic E-state index is 13.8. The van der Waals surface area contributed by atoms with Gasteiger partial charge in [-0.25, -0.2) is 9.97 Å². The van der Waals surface area contributed by atoms with Gasteiger partial charge >= 0.3 is 6.18 Å². The first-order valence-corrected chi connectivity index (χ1v) is 12.0. The average molecular weight is 519 g/mol. The average Bonchev–Trinajstić information content (AvgIpc) is 3.38. The topological polar surface area (TPSA) is 71.9 Å². The lowest BCUT2D eigenvalue weighted by molar-refractivity contribution is -0.137. The fourth-order valence-corrected chi connectivity index (χ4v) is 5.00. The van der Waals surface area contributed by atoms with Crippen LogP contribution in [0, 0.1) is 0 Å². The normalized spacial score (nSPS) is 15.2. The number of aromatic nitrogens is 5. The summed E-state index contributed by atoms with van der Waals surface area (Å²) in [5.74, 6) is 0.448. The second kappa shape index (κ2) is 8.77. The second-order valence-electron chi connectivity index (χ2n) is 9.84. The Hall–Kier alpha value is -3.11. The highest BCUT2D eigenvalue weighted by Crippen LogP contribution is 2.40. The van der Waals surface area contributed by atoms with Gasteiger partial charge in [0.15, 0.2) is 11.5 Å². The van der Waals surface area contributed by atoms with Crippen molar-refractivity contribution in [3.8, 4) is 22.8 Å². The van der Waals surface area contributed by atoms with Gasteiger partial charge in [0.1, 0.15) is 11.2 Å². The largest absolute Gasteiger partial charge is 0.417 e. The molecule has 4 heterocycles. The van der Waals surface area contributed by atoms with E-state index in [1.807, 2.05) is 20.8 Å². The zero-order chi connectivity index (χ0) is 25.8. The quantitative estimate of drug-likeness (QED) is 0.369.